The Morgan fingerprint density at radius 3 is 2.68 bits per heavy atom. The molecule has 106 valence electrons. The predicted molar refractivity (Wildman–Crippen MR) is 66.0 cm³/mol. The number of esters is 1. The second-order valence-electron chi connectivity index (χ2n) is 4.05. The lowest BCUT2D eigenvalue weighted by atomic mass is 10.1. The number of hydrogen-bond acceptors (Lipinski definition) is 3. The van der Waals surface area contributed by atoms with Crippen molar-refractivity contribution in [2.75, 3.05) is 19.1 Å². The van der Waals surface area contributed by atoms with Crippen LogP contribution in [0.4, 0.5) is 18.9 Å². The quantitative estimate of drug-likeness (QED) is 0.811. The smallest absolute Gasteiger partial charge is 0.328 e. The minimum Gasteiger partial charge on any atom is -0.467 e. The molecule has 0 aliphatic carbocycles. The number of ether oxygens (including phenoxy) is 1. The Kier molecular flexibility index (Phi) is 5.20. The SMILES string of the molecule is CCC(Nc1cccc(C(F)(F)CF)c1)C(=O)OC. The molecule has 0 radical (unpaired) electrons. The van der Waals surface area contributed by atoms with Gasteiger partial charge in [-0.15, -0.1) is 0 Å². The van der Waals surface area contributed by atoms with E-state index < -0.39 is 30.2 Å². The Labute approximate surface area is 109 Å². The van der Waals surface area contributed by atoms with Crippen molar-refractivity contribution in [3.8, 4) is 0 Å². The van der Waals surface area contributed by atoms with Gasteiger partial charge in [0.25, 0.3) is 0 Å². The summed E-state index contributed by atoms with van der Waals surface area (Å²) in [6.07, 6.45) is 0.441. The summed E-state index contributed by atoms with van der Waals surface area (Å²) in [4.78, 5) is 11.4. The van der Waals surface area contributed by atoms with E-state index in [1.165, 1.54) is 19.2 Å². The van der Waals surface area contributed by atoms with Crippen molar-refractivity contribution in [1.29, 1.82) is 0 Å². The number of anilines is 1. The number of nitrogens with one attached hydrogen (secondary N) is 1. The van der Waals surface area contributed by atoms with Gasteiger partial charge in [-0.2, -0.15) is 8.78 Å². The lowest BCUT2D eigenvalue weighted by molar-refractivity contribution is -0.141. The highest BCUT2D eigenvalue weighted by Crippen LogP contribution is 2.30. The Bertz CT molecular complexity index is 438. The van der Waals surface area contributed by atoms with Gasteiger partial charge in [-0.3, -0.25) is 0 Å². The summed E-state index contributed by atoms with van der Waals surface area (Å²) in [7, 11) is 1.25. The van der Waals surface area contributed by atoms with Gasteiger partial charge < -0.3 is 10.1 Å². The molecule has 1 aromatic carbocycles. The second-order valence-corrected chi connectivity index (χ2v) is 4.05. The van der Waals surface area contributed by atoms with Crippen LogP contribution in [-0.2, 0) is 15.5 Å². The predicted octanol–water partition coefficient (Wildman–Crippen LogP) is 3.11. The highest BCUT2D eigenvalue weighted by molar-refractivity contribution is 5.79. The van der Waals surface area contributed by atoms with Crippen molar-refractivity contribution >= 4 is 11.7 Å². The van der Waals surface area contributed by atoms with Crippen molar-refractivity contribution in [2.45, 2.75) is 25.3 Å². The number of alkyl halides is 3. The lowest BCUT2D eigenvalue weighted by Gasteiger charge is -2.18. The van der Waals surface area contributed by atoms with Gasteiger partial charge in [0.15, 0.2) is 6.67 Å². The molecule has 1 aromatic rings. The van der Waals surface area contributed by atoms with E-state index in [0.717, 1.165) is 12.1 Å². The van der Waals surface area contributed by atoms with E-state index in [-0.39, 0.29) is 0 Å². The number of carbonyl (C=O) groups is 1. The van der Waals surface area contributed by atoms with E-state index in [4.69, 9.17) is 0 Å². The standard InChI is InChI=1S/C13H16F3NO2/c1-3-11(12(18)19-2)17-10-6-4-5-9(7-10)13(15,16)8-14/h4-7,11,17H,3,8H2,1-2H3. The zero-order valence-electron chi connectivity index (χ0n) is 10.8. The first kappa shape index (κ1) is 15.3. The Morgan fingerprint density at radius 1 is 1.47 bits per heavy atom. The monoisotopic (exact) mass is 275 g/mol. The number of methoxy groups -OCH3 is 1. The van der Waals surface area contributed by atoms with Crippen molar-refractivity contribution in [2.24, 2.45) is 0 Å². The molecule has 0 saturated carbocycles. The lowest BCUT2D eigenvalue weighted by Crippen LogP contribution is -2.30. The van der Waals surface area contributed by atoms with Crippen molar-refractivity contribution in [3.05, 3.63) is 29.8 Å². The summed E-state index contributed by atoms with van der Waals surface area (Å²) < 4.78 is 43.3. The van der Waals surface area contributed by atoms with Gasteiger partial charge in [0.05, 0.1) is 7.11 Å². The van der Waals surface area contributed by atoms with Gasteiger partial charge in [0.2, 0.25) is 0 Å². The summed E-state index contributed by atoms with van der Waals surface area (Å²) in [5.41, 5.74) is -0.109. The molecule has 0 fully saturated rings. The fourth-order valence-electron chi connectivity index (χ4n) is 1.58. The van der Waals surface area contributed by atoms with Crippen LogP contribution in [0, 0.1) is 0 Å². The molecule has 0 saturated heterocycles. The number of halogens is 3. The Hall–Kier alpha value is -1.72. The van der Waals surface area contributed by atoms with Crippen LogP contribution >= 0.6 is 0 Å². The highest BCUT2D eigenvalue weighted by atomic mass is 19.3. The highest BCUT2D eigenvalue weighted by Gasteiger charge is 2.31. The summed E-state index contributed by atoms with van der Waals surface area (Å²) in [5, 5.41) is 2.79. The number of benzene rings is 1. The van der Waals surface area contributed by atoms with E-state index in [2.05, 4.69) is 10.1 Å². The molecular weight excluding hydrogens is 259 g/mol. The molecular formula is C13H16F3NO2. The van der Waals surface area contributed by atoms with Gasteiger partial charge in [-0.05, 0) is 18.6 Å². The van der Waals surface area contributed by atoms with Crippen LogP contribution in [0.3, 0.4) is 0 Å². The molecule has 0 amide bonds. The summed E-state index contributed by atoms with van der Waals surface area (Å²) in [6.45, 7) is -0.000728. The topological polar surface area (TPSA) is 38.3 Å². The molecule has 1 unspecified atom stereocenters. The summed E-state index contributed by atoms with van der Waals surface area (Å²) in [5.74, 6) is -4.00. The average Bonchev–Trinajstić information content (AvgIpc) is 2.44. The third-order valence-corrected chi connectivity index (χ3v) is 2.69. The number of hydrogen-bond donors (Lipinski definition) is 1. The third-order valence-electron chi connectivity index (χ3n) is 2.69. The second kappa shape index (κ2) is 6.45. The average molecular weight is 275 g/mol. The van der Waals surface area contributed by atoms with E-state index in [9.17, 15) is 18.0 Å². The van der Waals surface area contributed by atoms with Gasteiger partial charge in [0, 0.05) is 11.3 Å². The fourth-order valence-corrected chi connectivity index (χ4v) is 1.58. The third kappa shape index (κ3) is 3.87. The van der Waals surface area contributed by atoms with Crippen molar-refractivity contribution in [3.63, 3.8) is 0 Å². The number of rotatable bonds is 6. The van der Waals surface area contributed by atoms with Crippen LogP contribution in [-0.4, -0.2) is 25.8 Å². The summed E-state index contributed by atoms with van der Waals surface area (Å²) >= 11 is 0. The molecule has 0 aliphatic heterocycles. The molecule has 6 heteroatoms. The number of carbonyl (C=O) groups excluding carboxylic acids is 1. The van der Waals surface area contributed by atoms with Crippen LogP contribution in [0.5, 0.6) is 0 Å². The largest absolute Gasteiger partial charge is 0.467 e. The van der Waals surface area contributed by atoms with E-state index in [0.29, 0.717) is 12.1 Å². The maximum Gasteiger partial charge on any atom is 0.328 e. The molecule has 1 rings (SSSR count). The Morgan fingerprint density at radius 2 is 2.16 bits per heavy atom. The van der Waals surface area contributed by atoms with Crippen LogP contribution < -0.4 is 5.32 Å². The van der Waals surface area contributed by atoms with Gasteiger partial charge in [-0.1, -0.05) is 19.1 Å². The zero-order valence-corrected chi connectivity index (χ0v) is 10.8. The maximum absolute atomic E-state index is 13.2. The minimum atomic E-state index is -3.52. The first-order chi connectivity index (χ1) is 8.94. The van der Waals surface area contributed by atoms with Gasteiger partial charge in [0.1, 0.15) is 6.04 Å². The summed E-state index contributed by atoms with van der Waals surface area (Å²) in [6, 6.07) is 4.56. The minimum absolute atomic E-state index is 0.322. The van der Waals surface area contributed by atoms with E-state index in [1.807, 2.05) is 0 Å². The van der Waals surface area contributed by atoms with Crippen molar-refractivity contribution < 1.29 is 22.7 Å². The molecule has 0 aromatic heterocycles. The Balaban J connectivity index is 2.91. The first-order valence-corrected chi connectivity index (χ1v) is 5.83. The molecule has 0 bridgehead atoms. The van der Waals surface area contributed by atoms with Crippen molar-refractivity contribution in [1.82, 2.24) is 0 Å². The molecule has 1 N–H and O–H groups in total. The van der Waals surface area contributed by atoms with Crippen LogP contribution in [0.15, 0.2) is 24.3 Å². The molecule has 1 atom stereocenters. The van der Waals surface area contributed by atoms with Crippen LogP contribution in [0.1, 0.15) is 18.9 Å². The van der Waals surface area contributed by atoms with Gasteiger partial charge >= 0.3 is 11.9 Å². The normalized spacial score (nSPS) is 12.9. The zero-order chi connectivity index (χ0) is 14.5. The van der Waals surface area contributed by atoms with Crippen LogP contribution in [0.2, 0.25) is 0 Å². The fraction of sp³-hybridized carbons (Fsp3) is 0.462. The first-order valence-electron chi connectivity index (χ1n) is 5.83. The molecule has 3 nitrogen and oxygen atoms in total. The molecule has 0 aliphatic rings. The van der Waals surface area contributed by atoms with Gasteiger partial charge in [-0.25, -0.2) is 9.18 Å². The molecule has 0 heterocycles. The molecule has 0 spiro atoms. The molecule has 19 heavy (non-hydrogen) atoms. The maximum atomic E-state index is 13.2. The van der Waals surface area contributed by atoms with E-state index >= 15 is 0 Å². The van der Waals surface area contributed by atoms with Crippen LogP contribution in [0.25, 0.3) is 0 Å². The van der Waals surface area contributed by atoms with E-state index in [1.54, 1.807) is 6.92 Å².